The van der Waals surface area contributed by atoms with Crippen molar-refractivity contribution in [1.29, 1.82) is 0 Å². The van der Waals surface area contributed by atoms with Crippen LogP contribution in [0.25, 0.3) is 0 Å². The van der Waals surface area contributed by atoms with Gasteiger partial charge >= 0.3 is 5.97 Å². The van der Waals surface area contributed by atoms with E-state index in [0.717, 1.165) is 12.2 Å². The largest absolute Gasteiger partial charge is 0.379 e. The minimum Gasteiger partial charge on any atom is -0.379 e. The van der Waals surface area contributed by atoms with Gasteiger partial charge < -0.3 is 9.68 Å². The minimum absolute atomic E-state index is 0.408. The highest BCUT2D eigenvalue weighted by Gasteiger charge is 2.30. The number of hydrogen-bond donors (Lipinski definition) is 0. The zero-order valence-electron chi connectivity index (χ0n) is 8.90. The number of carbonyl (C=O) groups is 1. The molecule has 0 aromatic heterocycles. The summed E-state index contributed by atoms with van der Waals surface area (Å²) in [6.07, 6.45) is 1.81. The average molecular weight is 208 g/mol. The minimum atomic E-state index is -0.454. The molecule has 0 aromatic carbocycles. The molecular formula is C10H12N2O3. The highest BCUT2D eigenvalue weighted by molar-refractivity contribution is 6.21. The van der Waals surface area contributed by atoms with Crippen LogP contribution in [0, 0.1) is 0 Å². The molecule has 15 heavy (non-hydrogen) atoms. The summed E-state index contributed by atoms with van der Waals surface area (Å²) < 4.78 is 0. The van der Waals surface area contributed by atoms with E-state index in [9.17, 15) is 4.79 Å². The molecule has 0 saturated carbocycles. The number of rotatable bonds is 1. The molecule has 2 rings (SSSR count). The molecule has 0 fully saturated rings. The molecule has 2 aliphatic rings. The average Bonchev–Trinajstić information content (AvgIpc) is 2.70. The molecule has 5 nitrogen and oxygen atoms in total. The smallest absolute Gasteiger partial charge is 0.371 e. The molecule has 2 heterocycles. The third kappa shape index (κ3) is 1.49. The van der Waals surface area contributed by atoms with Gasteiger partial charge in [-0.25, -0.2) is 9.86 Å². The second kappa shape index (κ2) is 3.42. The molecule has 80 valence electrons. The fraction of sp³-hybridized carbons (Fsp3) is 0.400. The molecule has 0 bridgehead atoms. The van der Waals surface area contributed by atoms with E-state index in [-0.39, 0.29) is 0 Å². The molecule has 0 spiro atoms. The highest BCUT2D eigenvalue weighted by atomic mass is 16.7. The Balaban J connectivity index is 2.37. The van der Waals surface area contributed by atoms with Crippen LogP contribution in [0.3, 0.4) is 0 Å². The Morgan fingerprint density at radius 1 is 1.47 bits per heavy atom. The Morgan fingerprint density at radius 2 is 2.20 bits per heavy atom. The Morgan fingerprint density at radius 3 is 2.67 bits per heavy atom. The first-order valence-corrected chi connectivity index (χ1v) is 4.78. The van der Waals surface area contributed by atoms with Crippen molar-refractivity contribution in [1.82, 2.24) is 5.06 Å². The van der Waals surface area contributed by atoms with E-state index in [2.05, 4.69) is 9.99 Å². The van der Waals surface area contributed by atoms with Gasteiger partial charge in [0.15, 0.2) is 5.76 Å². The summed E-state index contributed by atoms with van der Waals surface area (Å²) in [5.41, 5.74) is 1.93. The van der Waals surface area contributed by atoms with Crippen LogP contribution in [-0.2, 0) is 14.5 Å². The number of nitrogens with zero attached hydrogens (tertiary/aromatic N) is 2. The molecule has 0 unspecified atom stereocenters. The van der Waals surface area contributed by atoms with Gasteiger partial charge in [0.25, 0.3) is 0 Å². The lowest BCUT2D eigenvalue weighted by Gasteiger charge is -2.16. The summed E-state index contributed by atoms with van der Waals surface area (Å²) in [7, 11) is 0. The number of hydroxylamine groups is 2. The van der Waals surface area contributed by atoms with Gasteiger partial charge in [0.05, 0.1) is 18.0 Å². The molecule has 0 aromatic rings. The Hall–Kier alpha value is -1.78. The second-order valence-corrected chi connectivity index (χ2v) is 3.37. The standard InChI is InChI=1S/C10H12N2O3/c1-4-12-6(2)5-8(15-12)9-7(3)11-14-10(9)13/h5H,4H2,1-3H3/b9-8-. The predicted molar refractivity (Wildman–Crippen MR) is 53.4 cm³/mol. The van der Waals surface area contributed by atoms with E-state index in [1.165, 1.54) is 0 Å². The first-order chi connectivity index (χ1) is 7.13. The molecule has 0 N–H and O–H groups in total. The quantitative estimate of drug-likeness (QED) is 0.482. The third-order valence-corrected chi connectivity index (χ3v) is 2.31. The number of oxime groups is 1. The fourth-order valence-electron chi connectivity index (χ4n) is 1.54. The van der Waals surface area contributed by atoms with Gasteiger partial charge in [0.1, 0.15) is 5.57 Å². The molecule has 0 atom stereocenters. The van der Waals surface area contributed by atoms with Crippen LogP contribution in [0.2, 0.25) is 0 Å². The summed E-state index contributed by atoms with van der Waals surface area (Å²) in [6, 6.07) is 0. The molecular weight excluding hydrogens is 196 g/mol. The van der Waals surface area contributed by atoms with Crippen molar-refractivity contribution in [3.63, 3.8) is 0 Å². The monoisotopic (exact) mass is 208 g/mol. The van der Waals surface area contributed by atoms with E-state index in [1.807, 2.05) is 19.9 Å². The molecule has 0 aliphatic carbocycles. The van der Waals surface area contributed by atoms with E-state index >= 15 is 0 Å². The van der Waals surface area contributed by atoms with Crippen LogP contribution in [0.15, 0.2) is 28.3 Å². The van der Waals surface area contributed by atoms with Gasteiger partial charge in [0, 0.05) is 6.08 Å². The summed E-state index contributed by atoms with van der Waals surface area (Å²) in [5.74, 6) is 0.0580. The van der Waals surface area contributed by atoms with Crippen LogP contribution < -0.4 is 0 Å². The van der Waals surface area contributed by atoms with Gasteiger partial charge in [-0.05, 0) is 20.8 Å². The van der Waals surface area contributed by atoms with E-state index in [4.69, 9.17) is 4.84 Å². The maximum Gasteiger partial charge on any atom is 0.371 e. The molecule has 2 aliphatic heterocycles. The van der Waals surface area contributed by atoms with Crippen LogP contribution in [0.5, 0.6) is 0 Å². The first kappa shape index (κ1) is 9.76. The van der Waals surface area contributed by atoms with Crippen molar-refractivity contribution >= 4 is 11.7 Å². The Bertz CT molecular complexity index is 407. The lowest BCUT2D eigenvalue weighted by Crippen LogP contribution is -2.17. The van der Waals surface area contributed by atoms with E-state index < -0.39 is 5.97 Å². The van der Waals surface area contributed by atoms with Gasteiger partial charge in [0.2, 0.25) is 0 Å². The molecule has 0 radical (unpaired) electrons. The topological polar surface area (TPSA) is 51.1 Å². The second-order valence-electron chi connectivity index (χ2n) is 3.37. The van der Waals surface area contributed by atoms with Crippen LogP contribution in [-0.4, -0.2) is 23.3 Å². The summed E-state index contributed by atoms with van der Waals surface area (Å²) in [4.78, 5) is 21.4. The maximum absolute atomic E-state index is 11.4. The number of carbonyl (C=O) groups excluding carboxylic acids is 1. The lowest BCUT2D eigenvalue weighted by molar-refractivity contribution is -0.137. The normalized spacial score (nSPS) is 25.0. The summed E-state index contributed by atoms with van der Waals surface area (Å²) in [6.45, 7) is 6.33. The molecule has 5 heteroatoms. The maximum atomic E-state index is 11.4. The summed E-state index contributed by atoms with van der Waals surface area (Å²) >= 11 is 0. The number of hydrogen-bond acceptors (Lipinski definition) is 5. The fourth-order valence-corrected chi connectivity index (χ4v) is 1.54. The number of allylic oxidation sites excluding steroid dienone is 2. The third-order valence-electron chi connectivity index (χ3n) is 2.31. The van der Waals surface area contributed by atoms with Crippen molar-refractivity contribution < 1.29 is 14.5 Å². The van der Waals surface area contributed by atoms with Crippen LogP contribution in [0.1, 0.15) is 20.8 Å². The van der Waals surface area contributed by atoms with Crippen molar-refractivity contribution in [2.75, 3.05) is 6.54 Å². The van der Waals surface area contributed by atoms with E-state index in [0.29, 0.717) is 17.0 Å². The molecule has 0 saturated heterocycles. The van der Waals surface area contributed by atoms with Gasteiger partial charge in [-0.3, -0.25) is 0 Å². The zero-order chi connectivity index (χ0) is 11.0. The molecule has 0 amide bonds. The van der Waals surface area contributed by atoms with Crippen molar-refractivity contribution in [3.8, 4) is 0 Å². The van der Waals surface area contributed by atoms with Crippen molar-refractivity contribution in [2.45, 2.75) is 20.8 Å². The van der Waals surface area contributed by atoms with Gasteiger partial charge in [-0.1, -0.05) is 5.16 Å². The Kier molecular flexibility index (Phi) is 2.22. The predicted octanol–water partition coefficient (Wildman–Crippen LogP) is 1.34. The zero-order valence-corrected chi connectivity index (χ0v) is 8.90. The van der Waals surface area contributed by atoms with Crippen LogP contribution in [0.4, 0.5) is 0 Å². The van der Waals surface area contributed by atoms with Gasteiger partial charge in [-0.15, -0.1) is 0 Å². The highest BCUT2D eigenvalue weighted by Crippen LogP contribution is 2.26. The van der Waals surface area contributed by atoms with Crippen molar-refractivity contribution in [2.24, 2.45) is 5.16 Å². The first-order valence-electron chi connectivity index (χ1n) is 4.78. The Labute approximate surface area is 87.6 Å². The van der Waals surface area contributed by atoms with E-state index in [1.54, 1.807) is 12.0 Å². The lowest BCUT2D eigenvalue weighted by atomic mass is 10.1. The SMILES string of the molecule is CCN1O/C(=C2\C(=O)ON=C2C)C=C1C. The van der Waals surface area contributed by atoms with Crippen LogP contribution >= 0.6 is 0 Å². The van der Waals surface area contributed by atoms with Gasteiger partial charge in [-0.2, -0.15) is 0 Å². The summed E-state index contributed by atoms with van der Waals surface area (Å²) in [5, 5.41) is 5.31. The van der Waals surface area contributed by atoms with Crippen molar-refractivity contribution in [3.05, 3.63) is 23.1 Å².